The van der Waals surface area contributed by atoms with Crippen molar-refractivity contribution in [3.05, 3.63) is 80.0 Å². The monoisotopic (exact) mass is 424 g/mol. The van der Waals surface area contributed by atoms with Crippen molar-refractivity contribution in [3.63, 3.8) is 0 Å². The predicted molar refractivity (Wildman–Crippen MR) is 119 cm³/mol. The first-order valence-corrected chi connectivity index (χ1v) is 11.1. The number of thioether (sulfide) groups is 1. The summed E-state index contributed by atoms with van der Waals surface area (Å²) in [5.41, 5.74) is 2.08. The van der Waals surface area contributed by atoms with Crippen LogP contribution in [0.3, 0.4) is 0 Å². The molecular formula is C21H20N4O2S2. The van der Waals surface area contributed by atoms with Gasteiger partial charge in [0, 0.05) is 29.4 Å². The second-order valence-corrected chi connectivity index (χ2v) is 8.75. The Labute approximate surface area is 175 Å². The average molecular weight is 425 g/mol. The summed E-state index contributed by atoms with van der Waals surface area (Å²) in [7, 11) is 0. The topological polar surface area (TPSA) is 69.3 Å². The Bertz CT molecular complexity index is 1350. The largest absolute Gasteiger partial charge is 0.283 e. The maximum Gasteiger partial charge on any atom is 0.263 e. The summed E-state index contributed by atoms with van der Waals surface area (Å²) in [4.78, 5) is 36.6. The Morgan fingerprint density at radius 2 is 2.07 bits per heavy atom. The second-order valence-electron chi connectivity index (χ2n) is 6.69. The minimum Gasteiger partial charge on any atom is -0.283 e. The summed E-state index contributed by atoms with van der Waals surface area (Å²) in [6.45, 7) is 8.14. The van der Waals surface area contributed by atoms with Crippen LogP contribution in [0.2, 0.25) is 0 Å². The zero-order valence-electron chi connectivity index (χ0n) is 16.2. The molecule has 0 aromatic carbocycles. The van der Waals surface area contributed by atoms with Crippen molar-refractivity contribution in [1.82, 2.24) is 18.9 Å². The van der Waals surface area contributed by atoms with Crippen molar-refractivity contribution in [3.8, 4) is 0 Å². The molecule has 0 aliphatic carbocycles. The first kappa shape index (κ1) is 19.6. The number of hydrogen-bond donors (Lipinski definition) is 0. The normalized spacial score (nSPS) is 11.4. The van der Waals surface area contributed by atoms with Crippen LogP contribution in [-0.2, 0) is 18.7 Å². The lowest BCUT2D eigenvalue weighted by Gasteiger charge is -2.10. The van der Waals surface area contributed by atoms with Gasteiger partial charge in [-0.2, -0.15) is 0 Å². The van der Waals surface area contributed by atoms with E-state index in [0.717, 1.165) is 21.7 Å². The predicted octanol–water partition coefficient (Wildman–Crippen LogP) is 3.82. The maximum atomic E-state index is 12.9. The van der Waals surface area contributed by atoms with E-state index in [4.69, 9.17) is 4.98 Å². The molecule has 0 aliphatic rings. The lowest BCUT2D eigenvalue weighted by Crippen LogP contribution is -2.22. The summed E-state index contributed by atoms with van der Waals surface area (Å²) in [5.74, 6) is 0.445. The number of nitrogens with zero attached hydrogens (tertiary/aromatic N) is 4. The lowest BCUT2D eigenvalue weighted by atomic mass is 10.3. The first-order valence-electron chi connectivity index (χ1n) is 9.26. The standard InChI is InChI=1S/C21H20N4O2S2/c1-4-8-24-20(27)16-10-15(5-2)29-19(16)23-21(24)28-12-14-9-18(26)25-11-13(3)6-7-17(25)22-14/h4,6-7,9-11H,1,5,8,12H2,2-3H3. The Hall–Kier alpha value is -2.71. The van der Waals surface area contributed by atoms with Gasteiger partial charge in [0.2, 0.25) is 0 Å². The van der Waals surface area contributed by atoms with Crippen molar-refractivity contribution in [2.75, 3.05) is 0 Å². The van der Waals surface area contributed by atoms with Crippen LogP contribution in [0.1, 0.15) is 23.1 Å². The molecule has 4 aromatic rings. The van der Waals surface area contributed by atoms with Crippen LogP contribution >= 0.6 is 23.1 Å². The van der Waals surface area contributed by atoms with Crippen LogP contribution in [0.15, 0.2) is 57.9 Å². The van der Waals surface area contributed by atoms with E-state index < -0.39 is 0 Å². The summed E-state index contributed by atoms with van der Waals surface area (Å²) < 4.78 is 3.17. The van der Waals surface area contributed by atoms with Crippen LogP contribution < -0.4 is 11.1 Å². The molecule has 0 atom stereocenters. The Morgan fingerprint density at radius 3 is 2.83 bits per heavy atom. The first-order chi connectivity index (χ1) is 14.0. The molecular weight excluding hydrogens is 404 g/mol. The van der Waals surface area contributed by atoms with Gasteiger partial charge in [0.15, 0.2) is 5.16 Å². The average Bonchev–Trinajstić information content (AvgIpc) is 3.13. The van der Waals surface area contributed by atoms with Gasteiger partial charge in [-0.3, -0.25) is 18.6 Å². The number of rotatable bonds is 6. The summed E-state index contributed by atoms with van der Waals surface area (Å²) in [6.07, 6.45) is 4.34. The SMILES string of the molecule is C=CCn1c(SCc2cc(=O)n3cc(C)ccc3n2)nc2sc(CC)cc2c1=O. The number of aryl methyl sites for hydroxylation is 2. The molecule has 0 fully saturated rings. The van der Waals surface area contributed by atoms with Gasteiger partial charge in [0.25, 0.3) is 11.1 Å². The Morgan fingerprint density at radius 1 is 1.24 bits per heavy atom. The molecule has 8 heteroatoms. The number of thiophene rings is 1. The van der Waals surface area contributed by atoms with E-state index in [2.05, 4.69) is 18.5 Å². The zero-order chi connectivity index (χ0) is 20.5. The van der Waals surface area contributed by atoms with Crippen LogP contribution in [-0.4, -0.2) is 18.9 Å². The summed E-state index contributed by atoms with van der Waals surface area (Å²) in [5, 5.41) is 1.26. The van der Waals surface area contributed by atoms with E-state index in [0.29, 0.717) is 34.2 Å². The molecule has 0 saturated heterocycles. The van der Waals surface area contributed by atoms with Gasteiger partial charge < -0.3 is 0 Å². The number of fused-ring (bicyclic) bond motifs is 2. The van der Waals surface area contributed by atoms with Gasteiger partial charge in [0.1, 0.15) is 10.5 Å². The third-order valence-corrected chi connectivity index (χ3v) is 6.72. The molecule has 0 unspecified atom stereocenters. The molecule has 4 rings (SSSR count). The number of aromatic nitrogens is 4. The quantitative estimate of drug-likeness (QED) is 0.267. The molecule has 0 amide bonds. The van der Waals surface area contributed by atoms with Crippen molar-refractivity contribution in [1.29, 1.82) is 0 Å². The zero-order valence-corrected chi connectivity index (χ0v) is 17.8. The highest BCUT2D eigenvalue weighted by Gasteiger charge is 2.14. The molecule has 0 bridgehead atoms. The van der Waals surface area contributed by atoms with E-state index in [1.807, 2.05) is 25.1 Å². The molecule has 0 N–H and O–H groups in total. The van der Waals surface area contributed by atoms with Crippen LogP contribution in [0.5, 0.6) is 0 Å². The third kappa shape index (κ3) is 3.77. The molecule has 4 heterocycles. The van der Waals surface area contributed by atoms with Gasteiger partial charge in [0.05, 0.1) is 11.1 Å². The van der Waals surface area contributed by atoms with Crippen LogP contribution in [0, 0.1) is 6.92 Å². The van der Waals surface area contributed by atoms with E-state index in [9.17, 15) is 9.59 Å². The van der Waals surface area contributed by atoms with Gasteiger partial charge in [-0.15, -0.1) is 17.9 Å². The minimum absolute atomic E-state index is 0.0598. The highest BCUT2D eigenvalue weighted by molar-refractivity contribution is 7.98. The Balaban J connectivity index is 1.72. The highest BCUT2D eigenvalue weighted by Crippen LogP contribution is 2.26. The van der Waals surface area contributed by atoms with Crippen molar-refractivity contribution >= 4 is 39.0 Å². The fourth-order valence-corrected chi connectivity index (χ4v) is 5.00. The molecule has 0 radical (unpaired) electrons. The lowest BCUT2D eigenvalue weighted by molar-refractivity contribution is 0.672. The Kier molecular flexibility index (Phi) is 5.38. The van der Waals surface area contributed by atoms with E-state index >= 15 is 0 Å². The van der Waals surface area contributed by atoms with Gasteiger partial charge in [-0.05, 0) is 31.0 Å². The van der Waals surface area contributed by atoms with Gasteiger partial charge in [-0.25, -0.2) is 9.97 Å². The summed E-state index contributed by atoms with van der Waals surface area (Å²) >= 11 is 2.95. The van der Waals surface area contributed by atoms with Crippen molar-refractivity contribution in [2.45, 2.75) is 37.7 Å². The fraction of sp³-hybridized carbons (Fsp3) is 0.238. The molecule has 148 valence electrons. The van der Waals surface area contributed by atoms with Gasteiger partial charge in [-0.1, -0.05) is 30.8 Å². The second kappa shape index (κ2) is 7.96. The van der Waals surface area contributed by atoms with Crippen molar-refractivity contribution < 1.29 is 0 Å². The van der Waals surface area contributed by atoms with Gasteiger partial charge >= 0.3 is 0 Å². The minimum atomic E-state index is -0.118. The fourth-order valence-electron chi connectivity index (χ4n) is 3.09. The molecule has 6 nitrogen and oxygen atoms in total. The smallest absolute Gasteiger partial charge is 0.263 e. The van der Waals surface area contributed by atoms with E-state index in [1.165, 1.54) is 17.8 Å². The van der Waals surface area contributed by atoms with Crippen LogP contribution in [0.25, 0.3) is 15.9 Å². The summed E-state index contributed by atoms with van der Waals surface area (Å²) in [6, 6.07) is 7.23. The van der Waals surface area contributed by atoms with E-state index in [-0.39, 0.29) is 11.1 Å². The molecule has 0 aliphatic heterocycles. The highest BCUT2D eigenvalue weighted by atomic mass is 32.2. The third-order valence-electron chi connectivity index (χ3n) is 4.54. The number of pyridine rings is 1. The maximum absolute atomic E-state index is 12.9. The molecule has 29 heavy (non-hydrogen) atoms. The van der Waals surface area contributed by atoms with Crippen LogP contribution in [0.4, 0.5) is 0 Å². The van der Waals surface area contributed by atoms with E-state index in [1.54, 1.807) is 32.6 Å². The molecule has 0 saturated carbocycles. The molecule has 0 spiro atoms. The number of allylic oxidation sites excluding steroid dienone is 1. The molecule has 4 aromatic heterocycles. The number of hydrogen-bond acceptors (Lipinski definition) is 6. The van der Waals surface area contributed by atoms with Crippen molar-refractivity contribution in [2.24, 2.45) is 0 Å².